The normalized spacial score (nSPS) is 10.9. The summed E-state index contributed by atoms with van der Waals surface area (Å²) < 4.78 is 32.1. The number of amides is 1. The summed E-state index contributed by atoms with van der Waals surface area (Å²) in [5, 5.41) is 2.64. The third kappa shape index (κ3) is 6.41. The van der Waals surface area contributed by atoms with E-state index in [2.05, 4.69) is 10.0 Å². The molecule has 0 radical (unpaired) electrons. The van der Waals surface area contributed by atoms with Crippen LogP contribution in [0.4, 0.5) is 5.69 Å². The second kappa shape index (κ2) is 9.72. The van der Waals surface area contributed by atoms with E-state index in [9.17, 15) is 18.0 Å². The molecule has 144 valence electrons. The lowest BCUT2D eigenvalue weighted by Gasteiger charge is -2.10. The number of hydrogen-bond donors (Lipinski definition) is 2. The first-order chi connectivity index (χ1) is 12.9. The van der Waals surface area contributed by atoms with Gasteiger partial charge in [0, 0.05) is 12.2 Å². The molecule has 0 saturated heterocycles. The van der Waals surface area contributed by atoms with Crippen molar-refractivity contribution in [1.29, 1.82) is 0 Å². The Hall–Kier alpha value is -2.87. The molecule has 0 aromatic heterocycles. The number of esters is 1. The maximum Gasteiger partial charge on any atom is 0.338 e. The maximum atomic E-state index is 12.3. The van der Waals surface area contributed by atoms with Gasteiger partial charge in [0.25, 0.3) is 15.9 Å². The molecule has 2 aromatic rings. The maximum absolute atomic E-state index is 12.3. The number of rotatable bonds is 9. The van der Waals surface area contributed by atoms with Crippen LogP contribution in [0.1, 0.15) is 30.1 Å². The summed E-state index contributed by atoms with van der Waals surface area (Å²) in [7, 11) is -3.76. The molecule has 0 aliphatic heterocycles. The number of nitrogens with one attached hydrogen (secondary N) is 2. The van der Waals surface area contributed by atoms with Crippen molar-refractivity contribution in [3.8, 4) is 0 Å². The van der Waals surface area contributed by atoms with Crippen LogP contribution in [0, 0.1) is 0 Å². The fraction of sp³-hybridized carbons (Fsp3) is 0.263. The minimum Gasteiger partial charge on any atom is -0.452 e. The van der Waals surface area contributed by atoms with E-state index < -0.39 is 16.0 Å². The van der Waals surface area contributed by atoms with Crippen molar-refractivity contribution in [2.45, 2.75) is 24.7 Å². The Morgan fingerprint density at radius 1 is 1.04 bits per heavy atom. The average molecular weight is 390 g/mol. The molecule has 27 heavy (non-hydrogen) atoms. The van der Waals surface area contributed by atoms with E-state index in [0.717, 1.165) is 12.8 Å². The highest BCUT2D eigenvalue weighted by atomic mass is 32.2. The molecule has 0 aliphatic rings. The van der Waals surface area contributed by atoms with Crippen LogP contribution in [0.15, 0.2) is 59.5 Å². The van der Waals surface area contributed by atoms with E-state index in [4.69, 9.17) is 4.74 Å². The van der Waals surface area contributed by atoms with Gasteiger partial charge in [-0.1, -0.05) is 37.6 Å². The van der Waals surface area contributed by atoms with Gasteiger partial charge in [-0.05, 0) is 36.8 Å². The van der Waals surface area contributed by atoms with Gasteiger partial charge in [0.2, 0.25) is 0 Å². The second-order valence-corrected chi connectivity index (χ2v) is 7.46. The summed E-state index contributed by atoms with van der Waals surface area (Å²) in [5.41, 5.74) is 0.366. The predicted octanol–water partition coefficient (Wildman–Crippen LogP) is 2.56. The Morgan fingerprint density at radius 2 is 1.78 bits per heavy atom. The number of hydrogen-bond acceptors (Lipinski definition) is 5. The molecular weight excluding hydrogens is 368 g/mol. The van der Waals surface area contributed by atoms with Crippen LogP contribution in [0.3, 0.4) is 0 Å². The number of unbranched alkanes of at least 4 members (excludes halogenated alkanes) is 1. The molecule has 2 aromatic carbocycles. The molecule has 0 heterocycles. The van der Waals surface area contributed by atoms with Crippen LogP contribution in [0.5, 0.6) is 0 Å². The first-order valence-electron chi connectivity index (χ1n) is 8.54. The van der Waals surface area contributed by atoms with Crippen molar-refractivity contribution in [2.24, 2.45) is 0 Å². The van der Waals surface area contributed by atoms with Crippen molar-refractivity contribution in [3.05, 3.63) is 60.2 Å². The zero-order chi connectivity index (χ0) is 19.7. The van der Waals surface area contributed by atoms with E-state index >= 15 is 0 Å². The Kier molecular flexibility index (Phi) is 7.36. The molecule has 0 unspecified atom stereocenters. The largest absolute Gasteiger partial charge is 0.452 e. The van der Waals surface area contributed by atoms with Crippen molar-refractivity contribution >= 4 is 27.6 Å². The van der Waals surface area contributed by atoms with Gasteiger partial charge in [0.1, 0.15) is 0 Å². The predicted molar refractivity (Wildman–Crippen MR) is 102 cm³/mol. The fourth-order valence-corrected chi connectivity index (χ4v) is 3.26. The lowest BCUT2D eigenvalue weighted by molar-refractivity contribution is -0.124. The van der Waals surface area contributed by atoms with Gasteiger partial charge >= 0.3 is 5.97 Å². The van der Waals surface area contributed by atoms with Crippen molar-refractivity contribution < 1.29 is 22.7 Å². The molecule has 0 aliphatic carbocycles. The molecule has 8 heteroatoms. The quantitative estimate of drug-likeness (QED) is 0.506. The minimum atomic E-state index is -3.76. The van der Waals surface area contributed by atoms with Gasteiger partial charge in [0.15, 0.2) is 6.61 Å². The average Bonchev–Trinajstić information content (AvgIpc) is 2.67. The molecule has 0 spiro atoms. The number of carbonyl (C=O) groups excluding carboxylic acids is 2. The van der Waals surface area contributed by atoms with E-state index in [-0.39, 0.29) is 28.7 Å². The van der Waals surface area contributed by atoms with E-state index in [0.29, 0.717) is 6.54 Å². The molecule has 7 nitrogen and oxygen atoms in total. The SMILES string of the molecule is CCCCNC(=O)COC(=O)c1cccc(NS(=O)(=O)c2ccccc2)c1. The smallest absolute Gasteiger partial charge is 0.338 e. The summed E-state index contributed by atoms with van der Waals surface area (Å²) in [5.74, 6) is -1.08. The molecule has 0 atom stereocenters. The molecule has 0 saturated carbocycles. The van der Waals surface area contributed by atoms with Gasteiger partial charge < -0.3 is 10.1 Å². The highest BCUT2D eigenvalue weighted by molar-refractivity contribution is 7.92. The van der Waals surface area contributed by atoms with Crippen LogP contribution in [-0.4, -0.2) is 33.4 Å². The summed E-state index contributed by atoms with van der Waals surface area (Å²) in [6, 6.07) is 13.8. The first kappa shape index (κ1) is 20.4. The Labute approximate surface area is 158 Å². The number of ether oxygens (including phenoxy) is 1. The van der Waals surface area contributed by atoms with Crippen molar-refractivity contribution in [1.82, 2.24) is 5.32 Å². The highest BCUT2D eigenvalue weighted by Gasteiger charge is 2.15. The van der Waals surface area contributed by atoms with E-state index in [1.165, 1.54) is 36.4 Å². The summed E-state index contributed by atoms with van der Waals surface area (Å²) in [4.78, 5) is 23.8. The third-order valence-corrected chi connectivity index (χ3v) is 4.99. The third-order valence-electron chi connectivity index (χ3n) is 3.59. The van der Waals surface area contributed by atoms with Crippen LogP contribution in [-0.2, 0) is 19.6 Å². The van der Waals surface area contributed by atoms with Crippen LogP contribution >= 0.6 is 0 Å². The molecule has 0 fully saturated rings. The van der Waals surface area contributed by atoms with Gasteiger partial charge in [-0.15, -0.1) is 0 Å². The fourth-order valence-electron chi connectivity index (χ4n) is 2.19. The standard InChI is InChI=1S/C19H22N2O5S/c1-2-3-12-20-18(22)14-26-19(23)15-8-7-9-16(13-15)21-27(24,25)17-10-5-4-6-11-17/h4-11,13,21H,2-3,12,14H2,1H3,(H,20,22). The Morgan fingerprint density at radius 3 is 2.48 bits per heavy atom. The van der Waals surface area contributed by atoms with Gasteiger partial charge in [-0.3, -0.25) is 9.52 Å². The zero-order valence-corrected chi connectivity index (χ0v) is 15.8. The van der Waals surface area contributed by atoms with Crippen molar-refractivity contribution in [2.75, 3.05) is 17.9 Å². The van der Waals surface area contributed by atoms with E-state index in [1.807, 2.05) is 6.92 Å². The molecule has 0 bridgehead atoms. The summed E-state index contributed by atoms with van der Waals surface area (Å²) >= 11 is 0. The highest BCUT2D eigenvalue weighted by Crippen LogP contribution is 2.17. The second-order valence-electron chi connectivity index (χ2n) is 5.78. The van der Waals surface area contributed by atoms with Gasteiger partial charge in [-0.2, -0.15) is 0 Å². The number of carbonyl (C=O) groups is 2. The van der Waals surface area contributed by atoms with Crippen LogP contribution in [0.25, 0.3) is 0 Å². The first-order valence-corrected chi connectivity index (χ1v) is 10.0. The molecular formula is C19H22N2O5S. The number of sulfonamides is 1. The van der Waals surface area contributed by atoms with Gasteiger partial charge in [0.05, 0.1) is 10.5 Å². The van der Waals surface area contributed by atoms with Crippen LogP contribution in [0.2, 0.25) is 0 Å². The monoisotopic (exact) mass is 390 g/mol. The zero-order valence-electron chi connectivity index (χ0n) is 15.0. The minimum absolute atomic E-state index is 0.113. The van der Waals surface area contributed by atoms with Crippen LogP contribution < -0.4 is 10.0 Å². The molecule has 2 rings (SSSR count). The summed E-state index contributed by atoms with van der Waals surface area (Å²) in [6.07, 6.45) is 1.80. The lowest BCUT2D eigenvalue weighted by Crippen LogP contribution is -2.29. The molecule has 2 N–H and O–H groups in total. The molecule has 1 amide bonds. The summed E-state index contributed by atoms with van der Waals surface area (Å²) in [6.45, 7) is 2.15. The topological polar surface area (TPSA) is 102 Å². The Bertz CT molecular complexity index is 882. The lowest BCUT2D eigenvalue weighted by atomic mass is 10.2. The van der Waals surface area contributed by atoms with Gasteiger partial charge in [-0.25, -0.2) is 13.2 Å². The van der Waals surface area contributed by atoms with E-state index in [1.54, 1.807) is 18.2 Å². The Balaban J connectivity index is 1.98. The number of benzene rings is 2. The number of anilines is 1. The van der Waals surface area contributed by atoms with Crippen molar-refractivity contribution in [3.63, 3.8) is 0 Å².